The van der Waals surface area contributed by atoms with E-state index in [4.69, 9.17) is 9.47 Å². The van der Waals surface area contributed by atoms with Crippen LogP contribution in [0.1, 0.15) is 44.7 Å². The summed E-state index contributed by atoms with van der Waals surface area (Å²) in [4.78, 5) is 0. The monoisotopic (exact) mass is 260 g/mol. The standard InChI is InChI=1S/C17H24O2/c1-13(5-10-16-18-11-12-19-16)14-6-8-15(9-7-14)17(2,3)4/h6-9,16H,1,5,10-12H2,2-4H3. The number of ether oxygens (including phenoxy) is 2. The van der Waals surface area contributed by atoms with Crippen molar-refractivity contribution in [1.82, 2.24) is 0 Å². The highest BCUT2D eigenvalue weighted by Gasteiger charge is 2.16. The zero-order chi connectivity index (χ0) is 13.9. The molecular formula is C17H24O2. The molecule has 0 spiro atoms. The van der Waals surface area contributed by atoms with Crippen LogP contribution < -0.4 is 0 Å². The summed E-state index contributed by atoms with van der Waals surface area (Å²) in [7, 11) is 0. The van der Waals surface area contributed by atoms with Gasteiger partial charge in [-0.3, -0.25) is 0 Å². The third kappa shape index (κ3) is 3.92. The molecule has 1 aliphatic rings. The minimum absolute atomic E-state index is 0.0365. The van der Waals surface area contributed by atoms with Crippen molar-refractivity contribution in [2.24, 2.45) is 0 Å². The van der Waals surface area contributed by atoms with Gasteiger partial charge in [0.25, 0.3) is 0 Å². The molecule has 0 saturated carbocycles. The third-order valence-electron chi connectivity index (χ3n) is 3.53. The maximum absolute atomic E-state index is 5.44. The molecule has 104 valence electrons. The average molecular weight is 260 g/mol. The summed E-state index contributed by atoms with van der Waals surface area (Å²) >= 11 is 0. The molecule has 0 N–H and O–H groups in total. The number of hydrogen-bond donors (Lipinski definition) is 0. The lowest BCUT2D eigenvalue weighted by Crippen LogP contribution is -2.10. The molecule has 19 heavy (non-hydrogen) atoms. The molecule has 2 rings (SSSR count). The highest BCUT2D eigenvalue weighted by molar-refractivity contribution is 5.63. The number of allylic oxidation sites excluding steroid dienone is 1. The molecule has 0 atom stereocenters. The second kappa shape index (κ2) is 5.89. The van der Waals surface area contributed by atoms with E-state index in [1.807, 2.05) is 0 Å². The predicted octanol–water partition coefficient (Wildman–Crippen LogP) is 4.15. The summed E-state index contributed by atoms with van der Waals surface area (Å²) in [6, 6.07) is 8.73. The first-order valence-electron chi connectivity index (χ1n) is 6.99. The smallest absolute Gasteiger partial charge is 0.158 e. The maximum Gasteiger partial charge on any atom is 0.158 e. The van der Waals surface area contributed by atoms with Crippen molar-refractivity contribution in [1.29, 1.82) is 0 Å². The minimum atomic E-state index is -0.0365. The van der Waals surface area contributed by atoms with Crippen LogP contribution in [-0.2, 0) is 14.9 Å². The van der Waals surface area contributed by atoms with Crippen LogP contribution in [0.5, 0.6) is 0 Å². The normalized spacial score (nSPS) is 16.8. The Morgan fingerprint density at radius 2 is 1.74 bits per heavy atom. The van der Waals surface area contributed by atoms with Gasteiger partial charge in [-0.2, -0.15) is 0 Å². The van der Waals surface area contributed by atoms with Crippen LogP contribution in [0.15, 0.2) is 30.8 Å². The fraction of sp³-hybridized carbons (Fsp3) is 0.529. The molecule has 0 radical (unpaired) electrons. The largest absolute Gasteiger partial charge is 0.350 e. The fourth-order valence-corrected chi connectivity index (χ4v) is 2.22. The van der Waals surface area contributed by atoms with Crippen LogP contribution in [0.3, 0.4) is 0 Å². The number of benzene rings is 1. The van der Waals surface area contributed by atoms with E-state index in [2.05, 4.69) is 51.6 Å². The molecule has 1 aliphatic heterocycles. The molecule has 1 aromatic carbocycles. The molecule has 0 aliphatic carbocycles. The summed E-state index contributed by atoms with van der Waals surface area (Å²) < 4.78 is 10.9. The van der Waals surface area contributed by atoms with Crippen LogP contribution >= 0.6 is 0 Å². The molecule has 1 heterocycles. The molecule has 0 unspecified atom stereocenters. The lowest BCUT2D eigenvalue weighted by molar-refractivity contribution is -0.0453. The van der Waals surface area contributed by atoms with E-state index in [0.29, 0.717) is 0 Å². The molecule has 1 saturated heterocycles. The molecule has 2 nitrogen and oxygen atoms in total. The van der Waals surface area contributed by atoms with E-state index in [-0.39, 0.29) is 11.7 Å². The van der Waals surface area contributed by atoms with Crippen molar-refractivity contribution < 1.29 is 9.47 Å². The van der Waals surface area contributed by atoms with Gasteiger partial charge in [0.2, 0.25) is 0 Å². The van der Waals surface area contributed by atoms with E-state index in [1.165, 1.54) is 11.1 Å². The van der Waals surface area contributed by atoms with E-state index in [1.54, 1.807) is 0 Å². The van der Waals surface area contributed by atoms with Gasteiger partial charge in [-0.25, -0.2) is 0 Å². The second-order valence-electron chi connectivity index (χ2n) is 6.14. The Bertz CT molecular complexity index is 420. The molecule has 0 amide bonds. The Morgan fingerprint density at radius 3 is 2.26 bits per heavy atom. The Hall–Kier alpha value is -1.12. The van der Waals surface area contributed by atoms with E-state index in [0.717, 1.165) is 31.6 Å². The quantitative estimate of drug-likeness (QED) is 0.809. The van der Waals surface area contributed by atoms with Gasteiger partial charge in [-0.05, 0) is 28.5 Å². The number of hydrogen-bond acceptors (Lipinski definition) is 2. The summed E-state index contributed by atoms with van der Waals surface area (Å²) in [6.07, 6.45) is 1.77. The topological polar surface area (TPSA) is 18.5 Å². The van der Waals surface area contributed by atoms with Crippen molar-refractivity contribution in [3.8, 4) is 0 Å². The second-order valence-corrected chi connectivity index (χ2v) is 6.14. The first-order valence-corrected chi connectivity index (χ1v) is 6.99. The third-order valence-corrected chi connectivity index (χ3v) is 3.53. The highest BCUT2D eigenvalue weighted by Crippen LogP contribution is 2.26. The van der Waals surface area contributed by atoms with Gasteiger partial charge >= 0.3 is 0 Å². The lowest BCUT2D eigenvalue weighted by Gasteiger charge is -2.19. The highest BCUT2D eigenvalue weighted by atomic mass is 16.7. The van der Waals surface area contributed by atoms with Gasteiger partial charge in [0.15, 0.2) is 6.29 Å². The molecular weight excluding hydrogens is 236 g/mol. The molecule has 0 bridgehead atoms. The van der Waals surface area contributed by atoms with Crippen LogP contribution in [0, 0.1) is 0 Å². The van der Waals surface area contributed by atoms with E-state index in [9.17, 15) is 0 Å². The summed E-state index contributed by atoms with van der Waals surface area (Å²) in [5.74, 6) is 0. The van der Waals surface area contributed by atoms with Gasteiger partial charge in [-0.1, -0.05) is 51.6 Å². The molecule has 1 aromatic rings. The zero-order valence-electron chi connectivity index (χ0n) is 12.2. The minimum Gasteiger partial charge on any atom is -0.350 e. The van der Waals surface area contributed by atoms with E-state index < -0.39 is 0 Å². The number of rotatable bonds is 4. The summed E-state index contributed by atoms with van der Waals surface area (Å²) in [5, 5.41) is 0. The fourth-order valence-electron chi connectivity index (χ4n) is 2.22. The Balaban J connectivity index is 1.92. The van der Waals surface area contributed by atoms with Crippen LogP contribution in [0.25, 0.3) is 5.57 Å². The average Bonchev–Trinajstić information content (AvgIpc) is 2.88. The van der Waals surface area contributed by atoms with Crippen LogP contribution in [0.4, 0.5) is 0 Å². The van der Waals surface area contributed by atoms with Crippen molar-refractivity contribution in [2.45, 2.75) is 45.3 Å². The first kappa shape index (κ1) is 14.3. The summed E-state index contributed by atoms with van der Waals surface area (Å²) in [5.41, 5.74) is 3.92. The van der Waals surface area contributed by atoms with Gasteiger partial charge in [0.1, 0.15) is 0 Å². The van der Waals surface area contributed by atoms with E-state index >= 15 is 0 Å². The predicted molar refractivity (Wildman–Crippen MR) is 79.1 cm³/mol. The van der Waals surface area contributed by atoms with Crippen LogP contribution in [-0.4, -0.2) is 19.5 Å². The molecule has 1 fully saturated rings. The first-order chi connectivity index (χ1) is 8.97. The van der Waals surface area contributed by atoms with Gasteiger partial charge < -0.3 is 9.47 Å². The summed E-state index contributed by atoms with van der Waals surface area (Å²) in [6.45, 7) is 12.3. The van der Waals surface area contributed by atoms with Gasteiger partial charge in [0.05, 0.1) is 13.2 Å². The molecule has 2 heteroatoms. The lowest BCUT2D eigenvalue weighted by atomic mass is 9.86. The molecule has 0 aromatic heterocycles. The Labute approximate surface area is 116 Å². The SMILES string of the molecule is C=C(CCC1OCCO1)c1ccc(C(C)(C)C)cc1. The Kier molecular flexibility index (Phi) is 4.43. The zero-order valence-corrected chi connectivity index (χ0v) is 12.2. The van der Waals surface area contributed by atoms with Crippen molar-refractivity contribution in [3.63, 3.8) is 0 Å². The van der Waals surface area contributed by atoms with Crippen molar-refractivity contribution in [3.05, 3.63) is 42.0 Å². The maximum atomic E-state index is 5.44. The van der Waals surface area contributed by atoms with Gasteiger partial charge in [0, 0.05) is 6.42 Å². The van der Waals surface area contributed by atoms with Crippen LogP contribution in [0.2, 0.25) is 0 Å². The van der Waals surface area contributed by atoms with Crippen molar-refractivity contribution in [2.75, 3.05) is 13.2 Å². The van der Waals surface area contributed by atoms with Gasteiger partial charge in [-0.15, -0.1) is 0 Å². The Morgan fingerprint density at radius 1 is 1.16 bits per heavy atom. The van der Waals surface area contributed by atoms with Crippen molar-refractivity contribution >= 4 is 5.57 Å².